The van der Waals surface area contributed by atoms with Crippen LogP contribution in [-0.2, 0) is 20.9 Å². The lowest BCUT2D eigenvalue weighted by Crippen LogP contribution is -2.38. The third-order valence-corrected chi connectivity index (χ3v) is 6.01. The number of esters is 1. The average molecular weight is 417 g/mol. The molecule has 0 radical (unpaired) electrons. The van der Waals surface area contributed by atoms with E-state index in [1.807, 2.05) is 42.7 Å². The van der Waals surface area contributed by atoms with Crippen LogP contribution >= 0.6 is 11.8 Å². The van der Waals surface area contributed by atoms with Gasteiger partial charge in [0.1, 0.15) is 0 Å². The molecule has 1 heterocycles. The van der Waals surface area contributed by atoms with E-state index >= 15 is 0 Å². The number of amides is 1. The van der Waals surface area contributed by atoms with Gasteiger partial charge < -0.3 is 14.6 Å². The fourth-order valence-electron chi connectivity index (χ4n) is 3.53. The van der Waals surface area contributed by atoms with Gasteiger partial charge in [-0.05, 0) is 32.3 Å². The molecule has 1 fully saturated rings. The van der Waals surface area contributed by atoms with Crippen LogP contribution in [0.5, 0.6) is 0 Å². The number of benzene rings is 1. The second kappa shape index (κ2) is 10.4. The van der Waals surface area contributed by atoms with Crippen molar-refractivity contribution in [1.82, 2.24) is 20.1 Å². The second-order valence-electron chi connectivity index (χ2n) is 7.22. The minimum atomic E-state index is -0.433. The highest BCUT2D eigenvalue weighted by atomic mass is 32.2. The van der Waals surface area contributed by atoms with Crippen LogP contribution in [0.15, 0.2) is 29.4 Å². The number of nitrogens with one attached hydrogen (secondary N) is 1. The smallest absolute Gasteiger partial charge is 0.316 e. The van der Waals surface area contributed by atoms with E-state index in [1.165, 1.54) is 18.2 Å². The van der Waals surface area contributed by atoms with Crippen molar-refractivity contribution in [2.45, 2.75) is 63.7 Å². The van der Waals surface area contributed by atoms with Crippen LogP contribution in [0.3, 0.4) is 0 Å². The van der Waals surface area contributed by atoms with Gasteiger partial charge >= 0.3 is 5.97 Å². The molecule has 29 heavy (non-hydrogen) atoms. The van der Waals surface area contributed by atoms with Gasteiger partial charge in [0.2, 0.25) is 0 Å². The largest absolute Gasteiger partial charge is 0.455 e. The van der Waals surface area contributed by atoms with E-state index in [0.717, 1.165) is 42.6 Å². The van der Waals surface area contributed by atoms with Crippen LogP contribution in [-0.4, -0.2) is 45.0 Å². The highest BCUT2D eigenvalue weighted by Crippen LogP contribution is 2.26. The van der Waals surface area contributed by atoms with Crippen LogP contribution in [0.4, 0.5) is 0 Å². The number of hydrogen-bond acceptors (Lipinski definition) is 6. The predicted octanol–water partition coefficient (Wildman–Crippen LogP) is 3.36. The van der Waals surface area contributed by atoms with E-state index < -0.39 is 5.97 Å². The minimum absolute atomic E-state index is 0.0859. The molecule has 0 aliphatic heterocycles. The Kier molecular flexibility index (Phi) is 7.69. The highest BCUT2D eigenvalue weighted by molar-refractivity contribution is 7.99. The van der Waals surface area contributed by atoms with Gasteiger partial charge in [0.25, 0.3) is 5.91 Å². The van der Waals surface area contributed by atoms with Crippen molar-refractivity contribution in [3.63, 3.8) is 0 Å². The zero-order chi connectivity index (χ0) is 20.6. The minimum Gasteiger partial charge on any atom is -0.455 e. The van der Waals surface area contributed by atoms with Gasteiger partial charge in [-0.1, -0.05) is 55.3 Å². The van der Waals surface area contributed by atoms with Gasteiger partial charge in [0.15, 0.2) is 17.6 Å². The molecule has 1 N–H and O–H groups in total. The summed E-state index contributed by atoms with van der Waals surface area (Å²) < 4.78 is 7.10. The zero-order valence-corrected chi connectivity index (χ0v) is 17.8. The molecule has 1 aromatic carbocycles. The summed E-state index contributed by atoms with van der Waals surface area (Å²) in [7, 11) is 0. The Bertz CT molecular complexity index is 846. The summed E-state index contributed by atoms with van der Waals surface area (Å²) in [5.41, 5.74) is 2.14. The summed E-state index contributed by atoms with van der Waals surface area (Å²) in [4.78, 5) is 24.0. The van der Waals surface area contributed by atoms with Crippen molar-refractivity contribution in [2.75, 3.05) is 12.4 Å². The molecule has 1 aliphatic carbocycles. The van der Waals surface area contributed by atoms with Gasteiger partial charge in [-0.25, -0.2) is 0 Å². The molecule has 1 aromatic heterocycles. The Hall–Kier alpha value is -2.35. The summed E-state index contributed by atoms with van der Waals surface area (Å²) in [5, 5.41) is 12.2. The van der Waals surface area contributed by atoms with Gasteiger partial charge in [-0.2, -0.15) is 0 Å². The number of aryl methyl sites for hydroxylation is 1. The molecule has 3 rings (SSSR count). The summed E-state index contributed by atoms with van der Waals surface area (Å²) in [6.45, 7) is 4.51. The van der Waals surface area contributed by atoms with Crippen molar-refractivity contribution >= 4 is 23.6 Å². The predicted molar refractivity (Wildman–Crippen MR) is 113 cm³/mol. The molecule has 1 amide bonds. The van der Waals surface area contributed by atoms with Gasteiger partial charge in [0.05, 0.1) is 5.75 Å². The monoisotopic (exact) mass is 416 g/mol. The maximum Gasteiger partial charge on any atom is 0.316 e. The third kappa shape index (κ3) is 5.82. The molecule has 8 heteroatoms. The molecule has 156 valence electrons. The maximum absolute atomic E-state index is 12.1. The zero-order valence-electron chi connectivity index (χ0n) is 17.0. The van der Waals surface area contributed by atoms with E-state index in [2.05, 4.69) is 15.5 Å². The number of carbonyl (C=O) groups excluding carboxylic acids is 2. The van der Waals surface area contributed by atoms with Gasteiger partial charge in [-0.15, -0.1) is 10.2 Å². The van der Waals surface area contributed by atoms with Crippen LogP contribution in [0.25, 0.3) is 11.4 Å². The Labute approximate surface area is 175 Å². The van der Waals surface area contributed by atoms with Crippen LogP contribution in [0.2, 0.25) is 0 Å². The molecular formula is C21H28N4O3S. The average Bonchev–Trinajstić information content (AvgIpc) is 3.14. The van der Waals surface area contributed by atoms with Crippen molar-refractivity contribution in [3.8, 4) is 11.4 Å². The van der Waals surface area contributed by atoms with Crippen LogP contribution in [0, 0.1) is 6.92 Å². The lowest BCUT2D eigenvalue weighted by atomic mass is 9.95. The quantitative estimate of drug-likeness (QED) is 0.525. The molecule has 0 saturated heterocycles. The van der Waals surface area contributed by atoms with Crippen LogP contribution < -0.4 is 5.32 Å². The lowest BCUT2D eigenvalue weighted by molar-refractivity contribution is -0.146. The Balaban J connectivity index is 1.50. The number of thioether (sulfide) groups is 1. The molecule has 0 unspecified atom stereocenters. The van der Waals surface area contributed by atoms with E-state index in [9.17, 15) is 9.59 Å². The first-order valence-corrected chi connectivity index (χ1v) is 11.1. The number of carbonyl (C=O) groups is 2. The number of rotatable bonds is 8. The Morgan fingerprint density at radius 1 is 1.21 bits per heavy atom. The van der Waals surface area contributed by atoms with Crippen LogP contribution in [0.1, 0.15) is 44.6 Å². The Morgan fingerprint density at radius 2 is 1.97 bits per heavy atom. The van der Waals surface area contributed by atoms with E-state index in [4.69, 9.17) is 4.74 Å². The normalized spacial score (nSPS) is 14.6. The van der Waals surface area contributed by atoms with E-state index in [1.54, 1.807) is 0 Å². The topological polar surface area (TPSA) is 86.1 Å². The Morgan fingerprint density at radius 3 is 2.69 bits per heavy atom. The van der Waals surface area contributed by atoms with Crippen molar-refractivity contribution in [1.29, 1.82) is 0 Å². The summed E-state index contributed by atoms with van der Waals surface area (Å²) in [5.74, 6) is 0.210. The first-order valence-electron chi connectivity index (χ1n) is 10.2. The molecule has 1 saturated carbocycles. The molecular weight excluding hydrogens is 388 g/mol. The number of nitrogens with zero attached hydrogens (tertiary/aromatic N) is 3. The van der Waals surface area contributed by atoms with Gasteiger partial charge in [0, 0.05) is 18.2 Å². The second-order valence-corrected chi connectivity index (χ2v) is 8.16. The van der Waals surface area contributed by atoms with Crippen molar-refractivity contribution in [2.24, 2.45) is 0 Å². The fraction of sp³-hybridized carbons (Fsp3) is 0.524. The molecule has 1 aliphatic rings. The van der Waals surface area contributed by atoms with Crippen molar-refractivity contribution in [3.05, 3.63) is 29.8 Å². The fourth-order valence-corrected chi connectivity index (χ4v) is 4.33. The molecule has 7 nitrogen and oxygen atoms in total. The third-order valence-electron chi connectivity index (χ3n) is 5.07. The van der Waals surface area contributed by atoms with Crippen molar-refractivity contribution < 1.29 is 14.3 Å². The lowest BCUT2D eigenvalue weighted by Gasteiger charge is -2.22. The summed E-state index contributed by atoms with van der Waals surface area (Å²) in [6, 6.07) is 8.22. The first-order chi connectivity index (χ1) is 14.1. The molecule has 0 spiro atoms. The van der Waals surface area contributed by atoms with Gasteiger partial charge in [-0.3, -0.25) is 9.59 Å². The molecule has 0 atom stereocenters. The highest BCUT2D eigenvalue weighted by Gasteiger charge is 2.18. The summed E-state index contributed by atoms with van der Waals surface area (Å²) in [6.07, 6.45) is 5.53. The number of hydrogen-bond donors (Lipinski definition) is 1. The SMILES string of the molecule is CCn1c(SCC(=O)OCC(=O)NC2CCCCC2)nnc1-c1ccccc1C. The van der Waals surface area contributed by atoms with E-state index in [0.29, 0.717) is 11.7 Å². The molecule has 0 bridgehead atoms. The standard InChI is InChI=1S/C21H28N4O3S/c1-3-25-20(17-12-8-7-9-15(17)2)23-24-21(25)29-14-19(27)28-13-18(26)22-16-10-5-4-6-11-16/h7-9,12,16H,3-6,10-11,13-14H2,1-2H3,(H,22,26). The number of aromatic nitrogens is 3. The van der Waals surface area contributed by atoms with E-state index in [-0.39, 0.29) is 24.3 Å². The first kappa shape index (κ1) is 21.4. The number of ether oxygens (including phenoxy) is 1. The maximum atomic E-state index is 12.1. The summed E-state index contributed by atoms with van der Waals surface area (Å²) >= 11 is 1.27. The molecule has 2 aromatic rings.